The van der Waals surface area contributed by atoms with E-state index in [9.17, 15) is 0 Å². The van der Waals surface area contributed by atoms with Gasteiger partial charge in [-0.1, -0.05) is 0 Å². The van der Waals surface area contributed by atoms with Crippen LogP contribution in [0.3, 0.4) is 0 Å². The van der Waals surface area contributed by atoms with E-state index in [4.69, 9.17) is 46.4 Å². The second-order valence-corrected chi connectivity index (χ2v) is 5.22. The molecular formula is C7H12Cl4. The molecule has 0 amide bonds. The zero-order valence-corrected chi connectivity index (χ0v) is 9.39. The van der Waals surface area contributed by atoms with Crippen molar-refractivity contribution in [1.82, 2.24) is 0 Å². The molecule has 0 aromatic heterocycles. The van der Waals surface area contributed by atoms with E-state index >= 15 is 0 Å². The fourth-order valence-corrected chi connectivity index (χ4v) is 1.76. The maximum absolute atomic E-state index is 5.89. The molecule has 0 aliphatic carbocycles. The Bertz CT molecular complexity index is 92.4. The van der Waals surface area contributed by atoms with Crippen LogP contribution in [-0.4, -0.2) is 15.6 Å². The summed E-state index contributed by atoms with van der Waals surface area (Å²) in [4.78, 5) is -0.358. The highest BCUT2D eigenvalue weighted by molar-refractivity contribution is 6.44. The number of hydrogen-bond donors (Lipinski definition) is 0. The van der Waals surface area contributed by atoms with Gasteiger partial charge in [0.25, 0.3) is 0 Å². The zero-order valence-electron chi connectivity index (χ0n) is 6.37. The van der Waals surface area contributed by atoms with Gasteiger partial charge < -0.3 is 0 Å². The van der Waals surface area contributed by atoms with E-state index < -0.39 is 0 Å². The molecule has 0 aliphatic rings. The molecule has 0 saturated carbocycles. The summed E-state index contributed by atoms with van der Waals surface area (Å²) in [7, 11) is 0. The lowest BCUT2D eigenvalue weighted by molar-refractivity contribution is 0.661. The standard InChI is InChI=1S/C7H12Cl4/c1-5(8)2-3-6(9)4-7(10)11/h5-7H,2-4H2,1H3. The number of halogens is 4. The van der Waals surface area contributed by atoms with E-state index in [0.717, 1.165) is 12.8 Å². The van der Waals surface area contributed by atoms with Gasteiger partial charge in [-0.25, -0.2) is 0 Å². The lowest BCUT2D eigenvalue weighted by Gasteiger charge is -2.09. The van der Waals surface area contributed by atoms with Crippen molar-refractivity contribution in [2.24, 2.45) is 0 Å². The number of alkyl halides is 4. The van der Waals surface area contributed by atoms with Gasteiger partial charge in [0.2, 0.25) is 0 Å². The van der Waals surface area contributed by atoms with Crippen molar-refractivity contribution in [3.05, 3.63) is 0 Å². The van der Waals surface area contributed by atoms with Gasteiger partial charge in [0.05, 0.1) is 0 Å². The first-order chi connectivity index (χ1) is 5.02. The average Bonchev–Trinajstić information content (AvgIpc) is 1.82. The molecule has 0 aromatic carbocycles. The molecule has 0 N–H and O–H groups in total. The van der Waals surface area contributed by atoms with Crippen LogP contribution in [-0.2, 0) is 0 Å². The van der Waals surface area contributed by atoms with Gasteiger partial charge in [-0.05, 0) is 26.2 Å². The second kappa shape index (κ2) is 6.65. The molecule has 0 radical (unpaired) electrons. The topological polar surface area (TPSA) is 0 Å². The Morgan fingerprint density at radius 2 is 1.55 bits per heavy atom. The number of hydrogen-bond acceptors (Lipinski definition) is 0. The van der Waals surface area contributed by atoms with Crippen LogP contribution in [0.4, 0.5) is 0 Å². The molecule has 0 spiro atoms. The number of rotatable bonds is 5. The Labute approximate surface area is 88.1 Å². The van der Waals surface area contributed by atoms with Crippen molar-refractivity contribution >= 4 is 46.4 Å². The molecule has 0 fully saturated rings. The van der Waals surface area contributed by atoms with Crippen molar-refractivity contribution in [3.63, 3.8) is 0 Å². The average molecular weight is 238 g/mol. The third-order valence-electron chi connectivity index (χ3n) is 1.31. The van der Waals surface area contributed by atoms with Crippen molar-refractivity contribution in [3.8, 4) is 0 Å². The molecule has 0 bridgehead atoms. The molecule has 2 unspecified atom stereocenters. The first-order valence-electron chi connectivity index (χ1n) is 3.58. The van der Waals surface area contributed by atoms with Crippen LogP contribution >= 0.6 is 46.4 Å². The van der Waals surface area contributed by atoms with E-state index in [-0.39, 0.29) is 15.6 Å². The molecule has 0 saturated heterocycles. The van der Waals surface area contributed by atoms with Crippen LogP contribution in [0, 0.1) is 0 Å². The minimum atomic E-state index is -0.358. The van der Waals surface area contributed by atoms with E-state index in [0.29, 0.717) is 6.42 Å². The Morgan fingerprint density at radius 3 is 1.91 bits per heavy atom. The molecular weight excluding hydrogens is 226 g/mol. The summed E-state index contributed by atoms with van der Waals surface area (Å²) in [5.74, 6) is 0. The Kier molecular flexibility index (Phi) is 7.35. The van der Waals surface area contributed by atoms with Gasteiger partial charge in [0.1, 0.15) is 4.84 Å². The van der Waals surface area contributed by atoms with E-state index in [1.54, 1.807) is 0 Å². The summed E-state index contributed by atoms with van der Waals surface area (Å²) in [5, 5.41) is 0.233. The fraction of sp³-hybridized carbons (Fsp3) is 1.00. The molecule has 0 aromatic rings. The molecule has 68 valence electrons. The predicted molar refractivity (Wildman–Crippen MR) is 54.3 cm³/mol. The van der Waals surface area contributed by atoms with Gasteiger partial charge in [0.15, 0.2) is 0 Å². The molecule has 0 nitrogen and oxygen atoms in total. The molecule has 0 aliphatic heterocycles. The van der Waals surface area contributed by atoms with E-state index in [1.807, 2.05) is 6.92 Å². The highest BCUT2D eigenvalue weighted by Crippen LogP contribution is 2.19. The zero-order chi connectivity index (χ0) is 8.85. The van der Waals surface area contributed by atoms with E-state index in [1.165, 1.54) is 0 Å². The van der Waals surface area contributed by atoms with Crippen LogP contribution in [0.15, 0.2) is 0 Å². The third kappa shape index (κ3) is 9.07. The third-order valence-corrected chi connectivity index (χ3v) is 2.28. The van der Waals surface area contributed by atoms with Crippen molar-refractivity contribution in [2.45, 2.75) is 41.8 Å². The SMILES string of the molecule is CC(Cl)CCC(Cl)CC(Cl)Cl. The summed E-state index contributed by atoms with van der Waals surface area (Å²) in [6.07, 6.45) is 2.42. The monoisotopic (exact) mass is 236 g/mol. The largest absolute Gasteiger partial charge is 0.123 e. The maximum atomic E-state index is 5.89. The minimum absolute atomic E-state index is 0.0520. The highest BCUT2D eigenvalue weighted by Gasteiger charge is 2.10. The maximum Gasteiger partial charge on any atom is 0.109 e. The van der Waals surface area contributed by atoms with Crippen LogP contribution in [0.5, 0.6) is 0 Å². The van der Waals surface area contributed by atoms with Gasteiger partial charge in [0, 0.05) is 10.8 Å². The summed E-state index contributed by atoms with van der Waals surface area (Å²) >= 11 is 22.7. The Balaban J connectivity index is 3.29. The van der Waals surface area contributed by atoms with E-state index in [2.05, 4.69) is 0 Å². The quantitative estimate of drug-likeness (QED) is 0.629. The van der Waals surface area contributed by atoms with Crippen molar-refractivity contribution in [1.29, 1.82) is 0 Å². The summed E-state index contributed by atoms with van der Waals surface area (Å²) in [5.41, 5.74) is 0. The summed E-state index contributed by atoms with van der Waals surface area (Å²) in [6.45, 7) is 1.95. The Morgan fingerprint density at radius 1 is 1.00 bits per heavy atom. The van der Waals surface area contributed by atoms with Crippen LogP contribution in [0.25, 0.3) is 0 Å². The normalized spacial score (nSPS) is 16.9. The van der Waals surface area contributed by atoms with Crippen LogP contribution in [0.1, 0.15) is 26.2 Å². The second-order valence-electron chi connectivity index (χ2n) is 2.58. The van der Waals surface area contributed by atoms with Gasteiger partial charge >= 0.3 is 0 Å². The van der Waals surface area contributed by atoms with Crippen molar-refractivity contribution in [2.75, 3.05) is 0 Å². The fourth-order valence-electron chi connectivity index (χ4n) is 0.722. The molecule has 11 heavy (non-hydrogen) atoms. The first kappa shape index (κ1) is 12.2. The molecule has 2 atom stereocenters. The van der Waals surface area contributed by atoms with Crippen LogP contribution < -0.4 is 0 Å². The molecule has 4 heteroatoms. The van der Waals surface area contributed by atoms with Crippen molar-refractivity contribution < 1.29 is 0 Å². The molecule has 0 heterocycles. The van der Waals surface area contributed by atoms with Gasteiger partial charge in [-0.15, -0.1) is 46.4 Å². The Hall–Kier alpha value is 1.16. The summed E-state index contributed by atoms with van der Waals surface area (Å²) < 4.78 is 0. The lowest BCUT2D eigenvalue weighted by Crippen LogP contribution is -2.05. The van der Waals surface area contributed by atoms with Gasteiger partial charge in [-0.3, -0.25) is 0 Å². The lowest BCUT2D eigenvalue weighted by atomic mass is 10.1. The van der Waals surface area contributed by atoms with Crippen LogP contribution in [0.2, 0.25) is 0 Å². The highest BCUT2D eigenvalue weighted by atomic mass is 35.5. The smallest absolute Gasteiger partial charge is 0.109 e. The first-order valence-corrected chi connectivity index (χ1v) is 5.33. The summed E-state index contributed by atoms with van der Waals surface area (Å²) in [6, 6.07) is 0. The predicted octanol–water partition coefficient (Wildman–Crippen LogP) is 4.20. The minimum Gasteiger partial charge on any atom is -0.123 e. The van der Waals surface area contributed by atoms with Gasteiger partial charge in [-0.2, -0.15) is 0 Å². The molecule has 0 rings (SSSR count).